The van der Waals surface area contributed by atoms with Crippen LogP contribution in [0.4, 0.5) is 0 Å². The molecule has 0 spiro atoms. The van der Waals surface area contributed by atoms with Gasteiger partial charge in [-0.15, -0.1) is 0 Å². The van der Waals surface area contributed by atoms with Gasteiger partial charge < -0.3 is 24.0 Å². The Labute approximate surface area is 160 Å². The Bertz CT molecular complexity index is 693. The normalized spacial score (nSPS) is 22.4. The highest BCUT2D eigenvalue weighted by Gasteiger charge is 2.40. The summed E-state index contributed by atoms with van der Waals surface area (Å²) in [6, 6.07) is 5.45. The van der Waals surface area contributed by atoms with Gasteiger partial charge in [-0.2, -0.15) is 0 Å². The first-order valence-electron chi connectivity index (χ1n) is 9.38. The minimum absolute atomic E-state index is 0.00487. The van der Waals surface area contributed by atoms with E-state index in [1.54, 1.807) is 39.5 Å². The lowest BCUT2D eigenvalue weighted by molar-refractivity contribution is -0.141. The lowest BCUT2D eigenvalue weighted by Gasteiger charge is -2.47. The molecule has 2 aliphatic heterocycles. The largest absolute Gasteiger partial charge is 0.493 e. The number of nitrogens with zero attached hydrogens (tertiary/aromatic N) is 2. The van der Waals surface area contributed by atoms with Crippen LogP contribution in [0.3, 0.4) is 0 Å². The van der Waals surface area contributed by atoms with Crippen molar-refractivity contribution in [2.75, 3.05) is 47.6 Å². The van der Waals surface area contributed by atoms with Crippen molar-refractivity contribution in [3.05, 3.63) is 23.8 Å². The molecule has 7 nitrogen and oxygen atoms in total. The van der Waals surface area contributed by atoms with Crippen LogP contribution in [0.25, 0.3) is 0 Å². The van der Waals surface area contributed by atoms with Crippen LogP contribution in [0.15, 0.2) is 18.2 Å². The molecular weight excluding hydrogens is 348 g/mol. The number of carbonyl (C=O) groups is 2. The molecule has 2 atom stereocenters. The Morgan fingerprint density at radius 1 is 1.15 bits per heavy atom. The maximum Gasteiger partial charge on any atom is 0.254 e. The average Bonchev–Trinajstić information content (AvgIpc) is 2.71. The highest BCUT2D eigenvalue weighted by atomic mass is 16.5. The molecule has 2 saturated heterocycles. The summed E-state index contributed by atoms with van der Waals surface area (Å²) < 4.78 is 15.7. The van der Waals surface area contributed by atoms with Crippen LogP contribution in [-0.2, 0) is 9.53 Å². The van der Waals surface area contributed by atoms with Gasteiger partial charge in [0.15, 0.2) is 11.5 Å². The standard InChI is InChI=1S/C20H28N2O5/c1-25-11-10-22-16-8-9-21(13-15(16)5-7-19(22)23)20(24)14-4-6-17(26-2)18(12-14)27-3/h4,6,12,15-16H,5,7-11,13H2,1-3H3/t15-,16+/m1/s1. The van der Waals surface area contributed by atoms with Gasteiger partial charge in [0.25, 0.3) is 5.91 Å². The number of amides is 2. The molecule has 3 rings (SSSR count). The van der Waals surface area contributed by atoms with Gasteiger partial charge in [-0.1, -0.05) is 0 Å². The number of likely N-dealkylation sites (tertiary alicyclic amines) is 2. The van der Waals surface area contributed by atoms with E-state index < -0.39 is 0 Å². The molecule has 7 heteroatoms. The van der Waals surface area contributed by atoms with E-state index in [1.807, 2.05) is 9.80 Å². The van der Waals surface area contributed by atoms with Crippen LogP contribution in [0.2, 0.25) is 0 Å². The zero-order valence-electron chi connectivity index (χ0n) is 16.3. The molecule has 0 aromatic heterocycles. The molecule has 0 aliphatic carbocycles. The molecule has 27 heavy (non-hydrogen) atoms. The summed E-state index contributed by atoms with van der Waals surface area (Å²) in [6.45, 7) is 2.49. The molecule has 2 heterocycles. The van der Waals surface area contributed by atoms with Crippen molar-refractivity contribution in [1.29, 1.82) is 0 Å². The molecule has 2 aliphatic rings. The highest BCUT2D eigenvalue weighted by molar-refractivity contribution is 5.95. The van der Waals surface area contributed by atoms with Crippen molar-refractivity contribution in [2.45, 2.75) is 25.3 Å². The van der Waals surface area contributed by atoms with E-state index in [1.165, 1.54) is 0 Å². The van der Waals surface area contributed by atoms with Crippen molar-refractivity contribution in [1.82, 2.24) is 9.80 Å². The van der Waals surface area contributed by atoms with Gasteiger partial charge in [-0.25, -0.2) is 0 Å². The first kappa shape index (κ1) is 19.5. The zero-order valence-corrected chi connectivity index (χ0v) is 16.3. The van der Waals surface area contributed by atoms with Gasteiger partial charge in [-0.05, 0) is 37.0 Å². The topological polar surface area (TPSA) is 68.3 Å². The fourth-order valence-electron chi connectivity index (χ4n) is 4.17. The lowest BCUT2D eigenvalue weighted by Crippen LogP contribution is -2.57. The van der Waals surface area contributed by atoms with Crippen molar-refractivity contribution >= 4 is 11.8 Å². The summed E-state index contributed by atoms with van der Waals surface area (Å²) in [7, 11) is 4.78. The van der Waals surface area contributed by atoms with E-state index in [0.717, 1.165) is 12.8 Å². The van der Waals surface area contributed by atoms with Crippen molar-refractivity contribution in [3.63, 3.8) is 0 Å². The monoisotopic (exact) mass is 376 g/mol. The molecule has 0 bridgehead atoms. The minimum Gasteiger partial charge on any atom is -0.493 e. The van der Waals surface area contributed by atoms with Gasteiger partial charge in [0.2, 0.25) is 5.91 Å². The van der Waals surface area contributed by atoms with Crippen LogP contribution in [-0.4, -0.2) is 75.2 Å². The van der Waals surface area contributed by atoms with E-state index in [9.17, 15) is 9.59 Å². The molecule has 2 fully saturated rings. The van der Waals surface area contributed by atoms with Crippen LogP contribution in [0.1, 0.15) is 29.6 Å². The van der Waals surface area contributed by atoms with Gasteiger partial charge in [0.1, 0.15) is 0 Å². The molecule has 1 aromatic carbocycles. The number of fused-ring (bicyclic) bond motifs is 1. The second-order valence-electron chi connectivity index (χ2n) is 7.06. The Kier molecular flexibility index (Phi) is 6.21. The summed E-state index contributed by atoms with van der Waals surface area (Å²) in [5.74, 6) is 1.67. The molecule has 1 aromatic rings. The number of rotatable bonds is 6. The first-order valence-corrected chi connectivity index (χ1v) is 9.38. The number of ether oxygens (including phenoxy) is 3. The Morgan fingerprint density at radius 2 is 1.93 bits per heavy atom. The molecule has 0 unspecified atom stereocenters. The number of hydrogen-bond donors (Lipinski definition) is 0. The highest BCUT2D eigenvalue weighted by Crippen LogP contribution is 2.33. The number of methoxy groups -OCH3 is 3. The summed E-state index contributed by atoms with van der Waals surface area (Å²) >= 11 is 0. The lowest BCUT2D eigenvalue weighted by atomic mass is 9.83. The second kappa shape index (κ2) is 8.61. The number of carbonyl (C=O) groups excluding carboxylic acids is 2. The summed E-state index contributed by atoms with van der Waals surface area (Å²) in [5.41, 5.74) is 0.592. The molecule has 0 saturated carbocycles. The first-order chi connectivity index (χ1) is 13.1. The van der Waals surface area contributed by atoms with E-state index >= 15 is 0 Å². The predicted molar refractivity (Wildman–Crippen MR) is 100 cm³/mol. The van der Waals surface area contributed by atoms with Crippen LogP contribution >= 0.6 is 0 Å². The Hall–Kier alpha value is -2.28. The Morgan fingerprint density at radius 3 is 2.63 bits per heavy atom. The van der Waals surface area contributed by atoms with Gasteiger partial charge in [0.05, 0.1) is 20.8 Å². The SMILES string of the molecule is COCCN1C(=O)CC[C@@H]2CN(C(=O)c3ccc(OC)c(OC)c3)CC[C@@H]21. The Balaban J connectivity index is 1.70. The van der Waals surface area contributed by atoms with Crippen LogP contribution in [0.5, 0.6) is 11.5 Å². The third-order valence-electron chi connectivity index (χ3n) is 5.60. The third-order valence-corrected chi connectivity index (χ3v) is 5.60. The fourth-order valence-corrected chi connectivity index (χ4v) is 4.17. The average molecular weight is 376 g/mol. The van der Waals surface area contributed by atoms with E-state index in [-0.39, 0.29) is 17.9 Å². The quantitative estimate of drug-likeness (QED) is 0.757. The van der Waals surface area contributed by atoms with Crippen molar-refractivity contribution < 1.29 is 23.8 Å². The maximum atomic E-state index is 13.0. The zero-order chi connectivity index (χ0) is 19.4. The van der Waals surface area contributed by atoms with Gasteiger partial charge in [0, 0.05) is 44.8 Å². The van der Waals surface area contributed by atoms with E-state index in [4.69, 9.17) is 14.2 Å². The summed E-state index contributed by atoms with van der Waals surface area (Å²) in [6.07, 6.45) is 2.19. The molecule has 148 valence electrons. The second-order valence-corrected chi connectivity index (χ2v) is 7.06. The number of piperidine rings is 2. The van der Waals surface area contributed by atoms with Gasteiger partial charge >= 0.3 is 0 Å². The molecule has 0 radical (unpaired) electrons. The molecule has 0 N–H and O–H groups in total. The minimum atomic E-state index is -0.00487. The fraction of sp³-hybridized carbons (Fsp3) is 0.600. The number of hydrogen-bond acceptors (Lipinski definition) is 5. The summed E-state index contributed by atoms with van der Waals surface area (Å²) in [4.78, 5) is 29.1. The van der Waals surface area contributed by atoms with Gasteiger partial charge in [-0.3, -0.25) is 9.59 Å². The summed E-state index contributed by atoms with van der Waals surface area (Å²) in [5, 5.41) is 0. The van der Waals surface area contributed by atoms with Crippen molar-refractivity contribution in [2.24, 2.45) is 5.92 Å². The smallest absolute Gasteiger partial charge is 0.254 e. The predicted octanol–water partition coefficient (Wildman–Crippen LogP) is 1.80. The number of benzene rings is 1. The molecule has 2 amide bonds. The maximum absolute atomic E-state index is 13.0. The van der Waals surface area contributed by atoms with E-state index in [2.05, 4.69) is 0 Å². The van der Waals surface area contributed by atoms with Crippen LogP contribution < -0.4 is 9.47 Å². The van der Waals surface area contributed by atoms with Crippen molar-refractivity contribution in [3.8, 4) is 11.5 Å². The van der Waals surface area contributed by atoms with E-state index in [0.29, 0.717) is 55.6 Å². The molecular formula is C20H28N2O5. The third kappa shape index (κ3) is 4.03. The van der Waals surface area contributed by atoms with Crippen LogP contribution in [0, 0.1) is 5.92 Å².